The number of halogens is 6. The van der Waals surface area contributed by atoms with Crippen molar-refractivity contribution in [1.29, 1.82) is 0 Å². The fraction of sp³-hybridized carbons (Fsp3) is 0.136. The Morgan fingerprint density at radius 2 is 1.40 bits per heavy atom. The summed E-state index contributed by atoms with van der Waals surface area (Å²) in [6, 6.07) is 12.9. The van der Waals surface area contributed by atoms with Crippen molar-refractivity contribution in [1.82, 2.24) is 4.90 Å². The van der Waals surface area contributed by atoms with Crippen LogP contribution in [0.15, 0.2) is 48.5 Å². The van der Waals surface area contributed by atoms with Gasteiger partial charge in [-0.1, -0.05) is 48.0 Å². The summed E-state index contributed by atoms with van der Waals surface area (Å²) in [5, 5.41) is 0.445. The molecule has 154 valence electrons. The third-order valence-corrected chi connectivity index (χ3v) is 5.41. The largest absolute Gasteiger partial charge is 0.327 e. The van der Waals surface area contributed by atoms with Crippen molar-refractivity contribution >= 4 is 17.5 Å². The monoisotopic (exact) mass is 437 g/mol. The topological polar surface area (TPSA) is 20.3 Å². The van der Waals surface area contributed by atoms with E-state index in [2.05, 4.69) is 0 Å². The number of rotatable bonds is 2. The molecule has 1 heterocycles. The Bertz CT molecular complexity index is 1120. The first-order valence-electron chi connectivity index (χ1n) is 8.97. The highest BCUT2D eigenvalue weighted by molar-refractivity contribution is 6.30. The maximum absolute atomic E-state index is 14.3. The van der Waals surface area contributed by atoms with Gasteiger partial charge in [0.2, 0.25) is 5.82 Å². The van der Waals surface area contributed by atoms with Gasteiger partial charge in [-0.2, -0.15) is 0 Å². The second kappa shape index (κ2) is 7.72. The highest BCUT2D eigenvalue weighted by atomic mass is 35.5. The van der Waals surface area contributed by atoms with Crippen LogP contribution in [0, 0.1) is 29.1 Å². The first-order valence-corrected chi connectivity index (χ1v) is 9.34. The summed E-state index contributed by atoms with van der Waals surface area (Å²) in [5.41, 5.74) is 0.732. The minimum atomic E-state index is -2.31. The van der Waals surface area contributed by atoms with Crippen LogP contribution in [0.3, 0.4) is 0 Å². The van der Waals surface area contributed by atoms with E-state index in [1.54, 1.807) is 36.4 Å². The van der Waals surface area contributed by atoms with Gasteiger partial charge in [0, 0.05) is 11.6 Å². The zero-order chi connectivity index (χ0) is 21.6. The Morgan fingerprint density at radius 1 is 0.833 bits per heavy atom. The summed E-state index contributed by atoms with van der Waals surface area (Å²) < 4.78 is 69.4. The first-order chi connectivity index (χ1) is 14.3. The molecule has 1 amide bonds. The SMILES string of the molecule is O=C(c1c(F)c(F)c(F)c(F)c1F)N1CCc2ccccc2[C@@H]1c1ccc(Cl)cc1. The molecule has 4 rings (SSSR count). The fourth-order valence-electron chi connectivity index (χ4n) is 3.73. The van der Waals surface area contributed by atoms with E-state index >= 15 is 0 Å². The van der Waals surface area contributed by atoms with E-state index in [0.29, 0.717) is 22.6 Å². The average molecular weight is 438 g/mol. The van der Waals surface area contributed by atoms with Crippen molar-refractivity contribution in [3.63, 3.8) is 0 Å². The van der Waals surface area contributed by atoms with Crippen molar-refractivity contribution in [3.05, 3.63) is 105 Å². The van der Waals surface area contributed by atoms with Crippen LogP contribution in [0.4, 0.5) is 22.0 Å². The van der Waals surface area contributed by atoms with Crippen LogP contribution in [0.25, 0.3) is 0 Å². The maximum atomic E-state index is 14.3. The van der Waals surface area contributed by atoms with Crippen LogP contribution in [0.5, 0.6) is 0 Å². The van der Waals surface area contributed by atoms with E-state index in [0.717, 1.165) is 10.5 Å². The zero-order valence-corrected chi connectivity index (χ0v) is 16.0. The Hall–Kier alpha value is -2.93. The van der Waals surface area contributed by atoms with Gasteiger partial charge in [0.15, 0.2) is 23.3 Å². The van der Waals surface area contributed by atoms with Crippen molar-refractivity contribution < 1.29 is 26.7 Å². The fourth-order valence-corrected chi connectivity index (χ4v) is 3.85. The Balaban J connectivity index is 1.87. The number of hydrogen-bond donors (Lipinski definition) is 0. The molecule has 1 aliphatic heterocycles. The van der Waals surface area contributed by atoms with E-state index in [1.165, 1.54) is 0 Å². The van der Waals surface area contributed by atoms with E-state index in [-0.39, 0.29) is 6.54 Å². The van der Waals surface area contributed by atoms with Crippen LogP contribution >= 0.6 is 11.6 Å². The Labute approximate surface area is 173 Å². The van der Waals surface area contributed by atoms with Gasteiger partial charge in [0.25, 0.3) is 5.91 Å². The van der Waals surface area contributed by atoms with Crippen molar-refractivity contribution in [2.75, 3.05) is 6.54 Å². The summed E-state index contributed by atoms with van der Waals surface area (Å²) in [6.07, 6.45) is 0.363. The molecule has 2 nitrogen and oxygen atoms in total. The molecule has 0 fully saturated rings. The lowest BCUT2D eigenvalue weighted by atomic mass is 9.87. The minimum Gasteiger partial charge on any atom is -0.327 e. The lowest BCUT2D eigenvalue weighted by Gasteiger charge is -2.38. The van der Waals surface area contributed by atoms with Crippen LogP contribution in [-0.2, 0) is 6.42 Å². The molecule has 0 radical (unpaired) electrons. The summed E-state index contributed by atoms with van der Waals surface area (Å²) in [6.45, 7) is 0.0304. The number of carbonyl (C=O) groups is 1. The van der Waals surface area contributed by atoms with Gasteiger partial charge >= 0.3 is 0 Å². The number of amides is 1. The second-order valence-corrected chi connectivity index (χ2v) is 7.28. The predicted molar refractivity (Wildman–Crippen MR) is 101 cm³/mol. The van der Waals surface area contributed by atoms with Crippen LogP contribution in [0.1, 0.15) is 33.1 Å². The quantitative estimate of drug-likeness (QED) is 0.281. The van der Waals surface area contributed by atoms with Gasteiger partial charge < -0.3 is 4.90 Å². The smallest absolute Gasteiger partial charge is 0.260 e. The Morgan fingerprint density at radius 3 is 2.03 bits per heavy atom. The summed E-state index contributed by atoms with van der Waals surface area (Å²) >= 11 is 5.94. The lowest BCUT2D eigenvalue weighted by molar-refractivity contribution is 0.0681. The Kier molecular flexibility index (Phi) is 5.24. The first kappa shape index (κ1) is 20.3. The molecule has 8 heteroatoms. The number of benzene rings is 3. The van der Waals surface area contributed by atoms with Gasteiger partial charge in [0.05, 0.1) is 6.04 Å². The summed E-state index contributed by atoms with van der Waals surface area (Å²) in [4.78, 5) is 14.2. The number of fused-ring (bicyclic) bond motifs is 1. The van der Waals surface area contributed by atoms with E-state index in [4.69, 9.17) is 11.6 Å². The highest BCUT2D eigenvalue weighted by Crippen LogP contribution is 2.37. The number of nitrogens with zero attached hydrogens (tertiary/aromatic N) is 1. The van der Waals surface area contributed by atoms with E-state index in [9.17, 15) is 26.7 Å². The number of hydrogen-bond acceptors (Lipinski definition) is 1. The molecule has 1 atom stereocenters. The molecule has 0 spiro atoms. The van der Waals surface area contributed by atoms with Crippen LogP contribution in [0.2, 0.25) is 5.02 Å². The van der Waals surface area contributed by atoms with Crippen LogP contribution in [-0.4, -0.2) is 17.4 Å². The molecule has 1 aliphatic rings. The van der Waals surface area contributed by atoms with Gasteiger partial charge in [-0.3, -0.25) is 4.79 Å². The standard InChI is InChI=1S/C22H13ClF5NO/c23-13-7-5-12(6-8-13)21-14-4-2-1-3-11(14)9-10-29(21)22(30)15-16(24)18(26)20(28)19(27)17(15)25/h1-8,21H,9-10H2/t21-/m0/s1. The lowest BCUT2D eigenvalue weighted by Crippen LogP contribution is -2.41. The predicted octanol–water partition coefficient (Wildman–Crippen LogP) is 5.82. The molecule has 0 saturated heterocycles. The zero-order valence-electron chi connectivity index (χ0n) is 15.2. The molecular weight excluding hydrogens is 425 g/mol. The third-order valence-electron chi connectivity index (χ3n) is 5.15. The van der Waals surface area contributed by atoms with Gasteiger partial charge in [0.1, 0.15) is 5.56 Å². The number of carbonyl (C=O) groups excluding carboxylic acids is 1. The molecule has 0 unspecified atom stereocenters. The molecule has 3 aromatic carbocycles. The van der Waals surface area contributed by atoms with Gasteiger partial charge in [-0.15, -0.1) is 0 Å². The minimum absolute atomic E-state index is 0.0304. The highest BCUT2D eigenvalue weighted by Gasteiger charge is 2.37. The van der Waals surface area contributed by atoms with Crippen molar-refractivity contribution in [3.8, 4) is 0 Å². The molecule has 0 saturated carbocycles. The molecular formula is C22H13ClF5NO. The van der Waals surface area contributed by atoms with Crippen molar-refractivity contribution in [2.24, 2.45) is 0 Å². The molecule has 0 aliphatic carbocycles. The van der Waals surface area contributed by atoms with Crippen LogP contribution < -0.4 is 0 Å². The van der Waals surface area contributed by atoms with Gasteiger partial charge in [-0.25, -0.2) is 22.0 Å². The van der Waals surface area contributed by atoms with E-state index in [1.807, 2.05) is 12.1 Å². The average Bonchev–Trinajstić information content (AvgIpc) is 2.76. The molecule has 0 aromatic heterocycles. The normalized spacial score (nSPS) is 15.8. The molecule has 0 N–H and O–H groups in total. The van der Waals surface area contributed by atoms with Crippen molar-refractivity contribution in [2.45, 2.75) is 12.5 Å². The maximum Gasteiger partial charge on any atom is 0.260 e. The van der Waals surface area contributed by atoms with E-state index < -0.39 is 46.6 Å². The molecule has 30 heavy (non-hydrogen) atoms. The molecule has 3 aromatic rings. The summed E-state index contributed by atoms with van der Waals surface area (Å²) in [7, 11) is 0. The van der Waals surface area contributed by atoms with Gasteiger partial charge in [-0.05, 0) is 35.2 Å². The third kappa shape index (κ3) is 3.23. The second-order valence-electron chi connectivity index (χ2n) is 6.85. The summed E-state index contributed by atoms with van der Waals surface area (Å²) in [5.74, 6) is -12.2. The molecule has 0 bridgehead atoms.